The summed E-state index contributed by atoms with van der Waals surface area (Å²) in [4.78, 5) is 9.60. The molecular formula is C23H30N8O2S2. The van der Waals surface area contributed by atoms with Gasteiger partial charge >= 0.3 is 0 Å². The minimum absolute atomic E-state index is 0.324. The lowest BCUT2D eigenvalue weighted by Crippen LogP contribution is -2.31. The van der Waals surface area contributed by atoms with Crippen LogP contribution in [0, 0.1) is 12.8 Å². The van der Waals surface area contributed by atoms with Crippen LogP contribution >= 0.6 is 11.3 Å². The van der Waals surface area contributed by atoms with E-state index in [1.807, 2.05) is 38.6 Å². The molecule has 4 aromatic rings. The topological polar surface area (TPSA) is 109 Å². The molecule has 35 heavy (non-hydrogen) atoms. The van der Waals surface area contributed by atoms with Gasteiger partial charge in [0.1, 0.15) is 4.21 Å². The number of piperidine rings is 1. The van der Waals surface area contributed by atoms with Crippen molar-refractivity contribution in [2.24, 2.45) is 13.0 Å². The van der Waals surface area contributed by atoms with Crippen molar-refractivity contribution in [3.8, 4) is 11.3 Å². The van der Waals surface area contributed by atoms with Crippen LogP contribution in [0.1, 0.15) is 24.1 Å². The zero-order valence-corrected chi connectivity index (χ0v) is 21.9. The average Bonchev–Trinajstić information content (AvgIpc) is 3.53. The van der Waals surface area contributed by atoms with Gasteiger partial charge in [-0.1, -0.05) is 0 Å². The summed E-state index contributed by atoms with van der Waals surface area (Å²) >= 11 is 1.21. The third kappa shape index (κ3) is 4.70. The lowest BCUT2D eigenvalue weighted by molar-refractivity contribution is 0.373. The zero-order chi connectivity index (χ0) is 24.7. The fourth-order valence-corrected chi connectivity index (χ4v) is 7.19. The number of fused-ring (bicyclic) bond motifs is 1. The molecule has 1 aliphatic rings. The van der Waals surface area contributed by atoms with Crippen LogP contribution in [-0.2, 0) is 23.5 Å². The van der Waals surface area contributed by atoms with E-state index in [2.05, 4.69) is 31.3 Å². The van der Waals surface area contributed by atoms with Gasteiger partial charge in [-0.15, -0.1) is 11.3 Å². The summed E-state index contributed by atoms with van der Waals surface area (Å²) < 4.78 is 30.8. The molecule has 0 saturated carbocycles. The normalized spacial score (nSPS) is 16.9. The van der Waals surface area contributed by atoms with Gasteiger partial charge in [-0.25, -0.2) is 22.7 Å². The number of rotatable bonds is 7. The first-order valence-corrected chi connectivity index (χ1v) is 13.8. The van der Waals surface area contributed by atoms with Crippen LogP contribution in [0.4, 0.5) is 10.8 Å². The molecule has 0 aliphatic carbocycles. The van der Waals surface area contributed by atoms with Gasteiger partial charge in [0.25, 0.3) is 10.0 Å². The number of imidazole rings is 1. The molecule has 1 saturated heterocycles. The molecule has 186 valence electrons. The van der Waals surface area contributed by atoms with Crippen LogP contribution in [0.5, 0.6) is 0 Å². The van der Waals surface area contributed by atoms with Gasteiger partial charge < -0.3 is 10.6 Å². The molecule has 2 N–H and O–H groups in total. The predicted molar refractivity (Wildman–Crippen MR) is 138 cm³/mol. The molecule has 0 aromatic carbocycles. The maximum Gasteiger partial charge on any atom is 0.252 e. The predicted octanol–water partition coefficient (Wildman–Crippen LogP) is 3.04. The van der Waals surface area contributed by atoms with Crippen molar-refractivity contribution in [1.29, 1.82) is 0 Å². The largest absolute Gasteiger partial charge is 0.329 e. The standard InChI is InChI=1S/C23H30N8O2S2/c1-15-8-20(34-23(15)35(32,33)29(2)3)28-21-22-25-12-19(17-11-26-30(4)13-17)31(22)14-18(27-21)9-16-6-5-7-24-10-16/h8,11-14,16,24H,5-7,9-10H2,1-4H3,(H,27,28). The van der Waals surface area contributed by atoms with Gasteiger partial charge in [-0.2, -0.15) is 5.10 Å². The molecule has 0 amide bonds. The maximum absolute atomic E-state index is 12.7. The quantitative estimate of drug-likeness (QED) is 0.390. The Hall–Kier alpha value is -2.80. The third-order valence-corrected chi connectivity index (χ3v) is 9.85. The van der Waals surface area contributed by atoms with Gasteiger partial charge in [-0.3, -0.25) is 9.08 Å². The van der Waals surface area contributed by atoms with Crippen molar-refractivity contribution < 1.29 is 8.42 Å². The first-order chi connectivity index (χ1) is 16.7. The number of anilines is 2. The van der Waals surface area contributed by atoms with E-state index < -0.39 is 10.0 Å². The number of sulfonamides is 1. The molecule has 1 atom stereocenters. The summed E-state index contributed by atoms with van der Waals surface area (Å²) in [6.07, 6.45) is 10.9. The highest BCUT2D eigenvalue weighted by Gasteiger charge is 2.24. The van der Waals surface area contributed by atoms with Crippen molar-refractivity contribution in [2.75, 3.05) is 32.5 Å². The molecular weight excluding hydrogens is 484 g/mol. The number of thiophene rings is 1. The minimum Gasteiger partial charge on any atom is -0.329 e. The highest BCUT2D eigenvalue weighted by Crippen LogP contribution is 2.35. The summed E-state index contributed by atoms with van der Waals surface area (Å²) in [6.45, 7) is 3.86. The summed E-state index contributed by atoms with van der Waals surface area (Å²) in [5.41, 5.74) is 4.24. The summed E-state index contributed by atoms with van der Waals surface area (Å²) in [6, 6.07) is 1.85. The highest BCUT2D eigenvalue weighted by molar-refractivity contribution is 7.91. The molecule has 1 fully saturated rings. The maximum atomic E-state index is 12.7. The first-order valence-electron chi connectivity index (χ1n) is 11.6. The molecule has 1 aliphatic heterocycles. The van der Waals surface area contributed by atoms with E-state index in [0.717, 1.165) is 36.5 Å². The van der Waals surface area contributed by atoms with Crippen LogP contribution in [0.3, 0.4) is 0 Å². The lowest BCUT2D eigenvalue weighted by atomic mass is 9.95. The number of aryl methyl sites for hydroxylation is 2. The van der Waals surface area contributed by atoms with Crippen LogP contribution in [-0.4, -0.2) is 64.1 Å². The van der Waals surface area contributed by atoms with E-state index in [1.54, 1.807) is 18.8 Å². The van der Waals surface area contributed by atoms with E-state index in [0.29, 0.717) is 32.2 Å². The van der Waals surface area contributed by atoms with Crippen LogP contribution in [0.2, 0.25) is 0 Å². The molecule has 10 nitrogen and oxygen atoms in total. The Balaban J connectivity index is 1.57. The number of aromatic nitrogens is 5. The smallest absolute Gasteiger partial charge is 0.252 e. The Morgan fingerprint density at radius 1 is 1.29 bits per heavy atom. The third-order valence-electron chi connectivity index (χ3n) is 6.27. The summed E-state index contributed by atoms with van der Waals surface area (Å²) in [7, 11) is 1.45. The van der Waals surface area contributed by atoms with Crippen molar-refractivity contribution in [2.45, 2.75) is 30.4 Å². The number of hydrogen-bond donors (Lipinski definition) is 2. The SMILES string of the molecule is Cc1cc(Nc2nc(CC3CCCNC3)cn3c(-c4cnn(C)c4)cnc23)sc1S(=O)(=O)N(C)C. The lowest BCUT2D eigenvalue weighted by Gasteiger charge is -2.22. The van der Waals surface area contributed by atoms with Crippen LogP contribution < -0.4 is 10.6 Å². The second-order valence-corrected chi connectivity index (χ2v) is 12.6. The fraction of sp³-hybridized carbons (Fsp3) is 0.435. The molecule has 0 bridgehead atoms. The van der Waals surface area contributed by atoms with Gasteiger partial charge in [0.15, 0.2) is 11.5 Å². The van der Waals surface area contributed by atoms with E-state index in [-0.39, 0.29) is 0 Å². The first kappa shape index (κ1) is 23.9. The minimum atomic E-state index is -3.52. The Kier molecular flexibility index (Phi) is 6.38. The average molecular weight is 515 g/mol. The van der Waals surface area contributed by atoms with Crippen LogP contribution in [0.15, 0.2) is 35.1 Å². The highest BCUT2D eigenvalue weighted by atomic mass is 32.2. The van der Waals surface area contributed by atoms with Gasteiger partial charge in [-0.05, 0) is 56.8 Å². The van der Waals surface area contributed by atoms with Gasteiger partial charge in [0, 0.05) is 39.1 Å². The molecule has 1 unspecified atom stereocenters. The molecule has 5 heterocycles. The Labute approximate surface area is 209 Å². The monoisotopic (exact) mass is 514 g/mol. The second kappa shape index (κ2) is 9.34. The Morgan fingerprint density at radius 2 is 2.11 bits per heavy atom. The van der Waals surface area contributed by atoms with E-state index in [4.69, 9.17) is 4.98 Å². The van der Waals surface area contributed by atoms with E-state index >= 15 is 0 Å². The van der Waals surface area contributed by atoms with Crippen LogP contribution in [0.25, 0.3) is 16.9 Å². The molecule has 12 heteroatoms. The van der Waals surface area contributed by atoms with Crippen molar-refractivity contribution in [1.82, 2.24) is 33.8 Å². The fourth-order valence-electron chi connectivity index (χ4n) is 4.45. The zero-order valence-electron chi connectivity index (χ0n) is 20.3. The van der Waals surface area contributed by atoms with E-state index in [1.165, 1.54) is 28.5 Å². The van der Waals surface area contributed by atoms with Crippen molar-refractivity contribution in [3.63, 3.8) is 0 Å². The molecule has 0 radical (unpaired) electrons. The number of nitrogens with zero attached hydrogens (tertiary/aromatic N) is 6. The molecule has 5 rings (SSSR count). The van der Waals surface area contributed by atoms with Crippen molar-refractivity contribution in [3.05, 3.63) is 42.1 Å². The number of nitrogens with one attached hydrogen (secondary N) is 2. The van der Waals surface area contributed by atoms with Gasteiger partial charge in [0.05, 0.1) is 28.8 Å². The van der Waals surface area contributed by atoms with Gasteiger partial charge in [0.2, 0.25) is 0 Å². The number of hydrogen-bond acceptors (Lipinski definition) is 8. The second-order valence-electron chi connectivity index (χ2n) is 9.23. The Bertz CT molecular complexity index is 1460. The van der Waals surface area contributed by atoms with Crippen molar-refractivity contribution >= 4 is 37.8 Å². The van der Waals surface area contributed by atoms with E-state index in [9.17, 15) is 8.42 Å². The summed E-state index contributed by atoms with van der Waals surface area (Å²) in [5.74, 6) is 1.13. The summed E-state index contributed by atoms with van der Waals surface area (Å²) in [5, 5.41) is 11.9. The molecule has 0 spiro atoms. The molecule has 4 aromatic heterocycles. The Morgan fingerprint density at radius 3 is 2.80 bits per heavy atom.